The van der Waals surface area contributed by atoms with Crippen LogP contribution in [0.4, 0.5) is 0 Å². The fourth-order valence-electron chi connectivity index (χ4n) is 1.37. The van der Waals surface area contributed by atoms with Crippen molar-refractivity contribution in [2.75, 3.05) is 7.11 Å². The van der Waals surface area contributed by atoms with E-state index < -0.39 is 6.10 Å². The summed E-state index contributed by atoms with van der Waals surface area (Å²) in [4.78, 5) is 0. The van der Waals surface area contributed by atoms with Crippen LogP contribution in [0.15, 0.2) is 12.1 Å². The maximum absolute atomic E-state index is 9.50. The number of hydrogen-bond acceptors (Lipinski definition) is 2. The molecule has 0 aliphatic heterocycles. The van der Waals surface area contributed by atoms with Crippen LogP contribution in [-0.2, 0) is 0 Å². The second-order valence-corrected chi connectivity index (χ2v) is 3.37. The van der Waals surface area contributed by atoms with Crippen molar-refractivity contribution in [2.24, 2.45) is 0 Å². The predicted octanol–water partition coefficient (Wildman–Crippen LogP) is 2.71. The summed E-state index contributed by atoms with van der Waals surface area (Å²) in [5.74, 6) is 0.678. The van der Waals surface area contributed by atoms with Gasteiger partial charge in [-0.25, -0.2) is 0 Å². The lowest BCUT2D eigenvalue weighted by molar-refractivity contribution is 0.193. The van der Waals surface area contributed by atoms with E-state index in [9.17, 15) is 5.11 Å². The van der Waals surface area contributed by atoms with Gasteiger partial charge in [-0.1, -0.05) is 11.6 Å². The monoisotopic (exact) mass is 200 g/mol. The Morgan fingerprint density at radius 1 is 1.46 bits per heavy atom. The molecule has 2 nitrogen and oxygen atoms in total. The molecule has 1 N–H and O–H groups in total. The van der Waals surface area contributed by atoms with E-state index in [1.807, 2.05) is 6.92 Å². The van der Waals surface area contributed by atoms with Crippen LogP contribution < -0.4 is 4.74 Å². The van der Waals surface area contributed by atoms with Crippen molar-refractivity contribution in [3.8, 4) is 5.75 Å². The highest BCUT2D eigenvalue weighted by molar-refractivity contribution is 6.31. The zero-order valence-electron chi connectivity index (χ0n) is 7.97. The molecular weight excluding hydrogens is 188 g/mol. The summed E-state index contributed by atoms with van der Waals surface area (Å²) in [6.07, 6.45) is -0.561. The van der Waals surface area contributed by atoms with Gasteiger partial charge in [0.05, 0.1) is 13.2 Å². The number of methoxy groups -OCH3 is 1. The smallest absolute Gasteiger partial charge is 0.125 e. The number of ether oxygens (including phenoxy) is 1. The van der Waals surface area contributed by atoms with Gasteiger partial charge in [-0.05, 0) is 31.5 Å². The molecule has 1 aromatic rings. The zero-order valence-corrected chi connectivity index (χ0v) is 8.72. The lowest BCUT2D eigenvalue weighted by Gasteiger charge is -2.14. The van der Waals surface area contributed by atoms with E-state index in [0.29, 0.717) is 10.8 Å². The average molecular weight is 201 g/mol. The third-order valence-electron chi connectivity index (χ3n) is 2.05. The van der Waals surface area contributed by atoms with E-state index in [1.165, 1.54) is 0 Å². The molecule has 1 atom stereocenters. The summed E-state index contributed by atoms with van der Waals surface area (Å²) in [6.45, 7) is 3.56. The Morgan fingerprint density at radius 2 is 2.08 bits per heavy atom. The molecule has 0 heterocycles. The second kappa shape index (κ2) is 3.99. The molecule has 0 amide bonds. The number of halogens is 1. The molecule has 0 bridgehead atoms. The van der Waals surface area contributed by atoms with Crippen molar-refractivity contribution < 1.29 is 9.84 Å². The maximum atomic E-state index is 9.50. The van der Waals surface area contributed by atoms with Gasteiger partial charge in [0.25, 0.3) is 0 Å². The van der Waals surface area contributed by atoms with E-state index >= 15 is 0 Å². The fourth-order valence-corrected chi connectivity index (χ4v) is 1.54. The lowest BCUT2D eigenvalue weighted by Crippen LogP contribution is -1.99. The quantitative estimate of drug-likeness (QED) is 0.796. The first-order chi connectivity index (χ1) is 6.07. The first-order valence-electron chi connectivity index (χ1n) is 4.09. The molecule has 0 fully saturated rings. The largest absolute Gasteiger partial charge is 0.496 e. The Bertz CT molecular complexity index is 308. The normalized spacial score (nSPS) is 12.7. The molecule has 1 unspecified atom stereocenters. The first kappa shape index (κ1) is 10.4. The molecule has 0 aromatic heterocycles. The van der Waals surface area contributed by atoms with Gasteiger partial charge in [0, 0.05) is 10.6 Å². The van der Waals surface area contributed by atoms with Crippen molar-refractivity contribution in [3.05, 3.63) is 28.3 Å². The standard InChI is InChI=1S/C10H13ClO2/c1-6-8(11)4-5-9(13-3)10(6)7(2)12/h4-5,7,12H,1-3H3. The van der Waals surface area contributed by atoms with Crippen molar-refractivity contribution in [3.63, 3.8) is 0 Å². The minimum absolute atomic E-state index is 0.561. The Morgan fingerprint density at radius 3 is 2.54 bits per heavy atom. The molecule has 1 aromatic carbocycles. The molecule has 72 valence electrons. The second-order valence-electron chi connectivity index (χ2n) is 2.96. The minimum atomic E-state index is -0.561. The van der Waals surface area contributed by atoms with Crippen LogP contribution in [0.25, 0.3) is 0 Å². The lowest BCUT2D eigenvalue weighted by atomic mass is 10.0. The maximum Gasteiger partial charge on any atom is 0.125 e. The molecule has 3 heteroatoms. The van der Waals surface area contributed by atoms with Crippen molar-refractivity contribution in [1.29, 1.82) is 0 Å². The van der Waals surface area contributed by atoms with Crippen LogP contribution in [0.2, 0.25) is 5.02 Å². The minimum Gasteiger partial charge on any atom is -0.496 e. The van der Waals surface area contributed by atoms with E-state index in [-0.39, 0.29) is 0 Å². The number of hydrogen-bond donors (Lipinski definition) is 1. The van der Waals surface area contributed by atoms with E-state index in [4.69, 9.17) is 16.3 Å². The Kier molecular flexibility index (Phi) is 3.17. The van der Waals surface area contributed by atoms with Crippen molar-refractivity contribution >= 4 is 11.6 Å². The molecule has 13 heavy (non-hydrogen) atoms. The summed E-state index contributed by atoms with van der Waals surface area (Å²) in [7, 11) is 1.58. The van der Waals surface area contributed by atoms with Crippen LogP contribution in [0.1, 0.15) is 24.2 Å². The van der Waals surface area contributed by atoms with E-state index in [1.54, 1.807) is 26.2 Å². The van der Waals surface area contributed by atoms with Gasteiger partial charge in [0.2, 0.25) is 0 Å². The van der Waals surface area contributed by atoms with Crippen LogP contribution in [0, 0.1) is 6.92 Å². The van der Waals surface area contributed by atoms with Gasteiger partial charge >= 0.3 is 0 Å². The Hall–Kier alpha value is -0.730. The highest BCUT2D eigenvalue weighted by Gasteiger charge is 2.13. The van der Waals surface area contributed by atoms with E-state index in [2.05, 4.69) is 0 Å². The Balaban J connectivity index is 3.32. The first-order valence-corrected chi connectivity index (χ1v) is 4.46. The molecule has 0 spiro atoms. The average Bonchev–Trinajstić information content (AvgIpc) is 2.08. The van der Waals surface area contributed by atoms with Crippen LogP contribution in [0.5, 0.6) is 5.75 Å². The molecule has 1 rings (SSSR count). The topological polar surface area (TPSA) is 29.5 Å². The van der Waals surface area contributed by atoms with Crippen LogP contribution in [0.3, 0.4) is 0 Å². The number of rotatable bonds is 2. The molecular formula is C10H13ClO2. The van der Waals surface area contributed by atoms with Crippen LogP contribution >= 0.6 is 11.6 Å². The molecule has 0 saturated carbocycles. The fraction of sp³-hybridized carbons (Fsp3) is 0.400. The summed E-state index contributed by atoms with van der Waals surface area (Å²) < 4.78 is 5.12. The molecule has 0 radical (unpaired) electrons. The predicted molar refractivity (Wildman–Crippen MR) is 53.4 cm³/mol. The van der Waals surface area contributed by atoms with Crippen LogP contribution in [-0.4, -0.2) is 12.2 Å². The van der Waals surface area contributed by atoms with Gasteiger partial charge in [-0.3, -0.25) is 0 Å². The van der Waals surface area contributed by atoms with Gasteiger partial charge < -0.3 is 9.84 Å². The summed E-state index contributed by atoms with van der Waals surface area (Å²) in [5, 5.41) is 10.2. The van der Waals surface area contributed by atoms with Gasteiger partial charge in [-0.2, -0.15) is 0 Å². The SMILES string of the molecule is COc1ccc(Cl)c(C)c1C(C)O. The molecule has 0 aliphatic rings. The van der Waals surface area contributed by atoms with Gasteiger partial charge in [0.15, 0.2) is 0 Å². The number of aliphatic hydroxyl groups is 1. The highest BCUT2D eigenvalue weighted by atomic mass is 35.5. The van der Waals surface area contributed by atoms with Gasteiger partial charge in [0.1, 0.15) is 5.75 Å². The Labute approximate surface area is 83.1 Å². The summed E-state index contributed by atoms with van der Waals surface area (Å²) >= 11 is 5.92. The van der Waals surface area contributed by atoms with E-state index in [0.717, 1.165) is 11.1 Å². The number of aliphatic hydroxyl groups excluding tert-OH is 1. The third kappa shape index (κ3) is 1.95. The summed E-state index contributed by atoms with van der Waals surface area (Å²) in [5.41, 5.74) is 1.63. The third-order valence-corrected chi connectivity index (χ3v) is 2.46. The van der Waals surface area contributed by atoms with Gasteiger partial charge in [-0.15, -0.1) is 0 Å². The van der Waals surface area contributed by atoms with Crippen molar-refractivity contribution in [1.82, 2.24) is 0 Å². The molecule has 0 saturated heterocycles. The molecule has 0 aliphatic carbocycles. The zero-order chi connectivity index (χ0) is 10.0. The van der Waals surface area contributed by atoms with Crippen molar-refractivity contribution in [2.45, 2.75) is 20.0 Å². The summed E-state index contributed by atoms with van der Waals surface area (Å²) in [6, 6.07) is 3.53. The highest BCUT2D eigenvalue weighted by Crippen LogP contribution is 2.32. The number of benzene rings is 1.